The number of carbonyl (C=O) groups is 4. The average Bonchev–Trinajstić information content (AvgIpc) is 3.28. The number of nitrogens with zero attached hydrogens (tertiary/aromatic N) is 2. The summed E-state index contributed by atoms with van der Waals surface area (Å²) in [6.45, 7) is 0.705. The fourth-order valence-corrected chi connectivity index (χ4v) is 5.06. The highest BCUT2D eigenvalue weighted by Crippen LogP contribution is 2.27. The highest BCUT2D eigenvalue weighted by Gasteiger charge is 2.41. The average molecular weight is 573 g/mol. The Hall–Kier alpha value is -4.61. The number of pyridine rings is 1. The molecule has 0 spiro atoms. The molecule has 0 radical (unpaired) electrons. The smallest absolute Gasteiger partial charge is 0.269 e. The van der Waals surface area contributed by atoms with E-state index >= 15 is 0 Å². The summed E-state index contributed by atoms with van der Waals surface area (Å²) in [6, 6.07) is 16.9. The molecule has 3 aromatic rings. The lowest BCUT2D eigenvalue weighted by atomic mass is 10.1. The van der Waals surface area contributed by atoms with Crippen LogP contribution in [0.15, 0.2) is 60.7 Å². The number of ether oxygens (including phenoxy) is 3. The fourth-order valence-electron chi connectivity index (χ4n) is 5.06. The van der Waals surface area contributed by atoms with Gasteiger partial charge in [0.1, 0.15) is 11.4 Å². The van der Waals surface area contributed by atoms with Gasteiger partial charge in [-0.3, -0.25) is 24.1 Å². The van der Waals surface area contributed by atoms with E-state index in [4.69, 9.17) is 14.2 Å². The summed E-state index contributed by atoms with van der Waals surface area (Å²) in [5.41, 5.74) is 2.69. The lowest BCUT2D eigenvalue weighted by Gasteiger charge is -2.33. The molecule has 3 heterocycles. The van der Waals surface area contributed by atoms with E-state index < -0.39 is 18.2 Å². The first-order valence-corrected chi connectivity index (χ1v) is 13.7. The minimum Gasteiger partial charge on any atom is -0.496 e. The number of imide groups is 1. The van der Waals surface area contributed by atoms with Gasteiger partial charge in [-0.2, -0.15) is 0 Å². The molecule has 0 aliphatic carbocycles. The maximum atomic E-state index is 13.0. The molecule has 218 valence electrons. The summed E-state index contributed by atoms with van der Waals surface area (Å²) >= 11 is 0. The highest BCUT2D eigenvalue weighted by molar-refractivity contribution is 6.21. The van der Waals surface area contributed by atoms with Crippen LogP contribution in [-0.4, -0.2) is 79.8 Å². The summed E-state index contributed by atoms with van der Waals surface area (Å²) in [5, 5.41) is 5.43. The van der Waals surface area contributed by atoms with E-state index in [-0.39, 0.29) is 36.6 Å². The van der Waals surface area contributed by atoms with Crippen molar-refractivity contribution in [3.05, 3.63) is 94.3 Å². The van der Waals surface area contributed by atoms with Crippen LogP contribution in [0, 0.1) is 0 Å². The van der Waals surface area contributed by atoms with Crippen molar-refractivity contribution in [2.75, 3.05) is 33.9 Å². The largest absolute Gasteiger partial charge is 0.496 e. The number of para-hydroxylation sites is 1. The molecule has 2 N–H and O–H groups in total. The van der Waals surface area contributed by atoms with Gasteiger partial charge in [0.25, 0.3) is 23.6 Å². The van der Waals surface area contributed by atoms with Crippen LogP contribution >= 0.6 is 0 Å². The zero-order chi connectivity index (χ0) is 29.6. The molecule has 0 atom stereocenters. The lowest BCUT2D eigenvalue weighted by Crippen LogP contribution is -2.49. The van der Waals surface area contributed by atoms with E-state index in [1.807, 2.05) is 24.3 Å². The summed E-state index contributed by atoms with van der Waals surface area (Å²) in [7, 11) is 3.09. The summed E-state index contributed by atoms with van der Waals surface area (Å²) < 4.78 is 17.0. The molecular weight excluding hydrogens is 540 g/mol. The Labute approximate surface area is 243 Å². The van der Waals surface area contributed by atoms with Crippen LogP contribution in [-0.2, 0) is 15.9 Å². The Balaban J connectivity index is 1.13. The molecule has 1 aromatic heterocycles. The Morgan fingerprint density at radius 2 is 1.64 bits per heavy atom. The molecule has 11 heteroatoms. The van der Waals surface area contributed by atoms with E-state index in [1.165, 1.54) is 18.0 Å². The topological polar surface area (TPSA) is 136 Å². The molecule has 0 saturated carbocycles. The summed E-state index contributed by atoms with van der Waals surface area (Å²) in [4.78, 5) is 56.5. The van der Waals surface area contributed by atoms with Gasteiger partial charge in [-0.1, -0.05) is 30.3 Å². The van der Waals surface area contributed by atoms with E-state index in [1.54, 1.807) is 37.4 Å². The number of carbonyl (C=O) groups excluding carboxylic acids is 4. The molecule has 2 aliphatic rings. The molecule has 0 unspecified atom stereocenters. The molecule has 0 bridgehead atoms. The van der Waals surface area contributed by atoms with Crippen LogP contribution in [0.4, 0.5) is 0 Å². The first-order valence-electron chi connectivity index (χ1n) is 13.7. The number of rotatable bonds is 10. The van der Waals surface area contributed by atoms with Crippen LogP contribution in [0.5, 0.6) is 5.75 Å². The van der Waals surface area contributed by atoms with E-state index in [9.17, 15) is 19.2 Å². The summed E-state index contributed by atoms with van der Waals surface area (Å²) in [6.07, 6.45) is 0.943. The molecule has 42 heavy (non-hydrogen) atoms. The second kappa shape index (κ2) is 12.9. The van der Waals surface area contributed by atoms with Crippen molar-refractivity contribution in [1.82, 2.24) is 20.5 Å². The molecule has 1 fully saturated rings. The van der Waals surface area contributed by atoms with Crippen molar-refractivity contribution < 1.29 is 33.4 Å². The number of benzene rings is 2. The number of aromatic nitrogens is 1. The van der Waals surface area contributed by atoms with Crippen molar-refractivity contribution >= 4 is 23.6 Å². The van der Waals surface area contributed by atoms with E-state index in [0.29, 0.717) is 53.9 Å². The molecule has 2 aliphatic heterocycles. The molecule has 2 aromatic carbocycles. The second-order valence-corrected chi connectivity index (χ2v) is 9.97. The van der Waals surface area contributed by atoms with Crippen molar-refractivity contribution in [1.29, 1.82) is 0 Å². The Bertz CT molecular complexity index is 1470. The minimum absolute atomic E-state index is 0.145. The number of amides is 4. The van der Waals surface area contributed by atoms with Crippen molar-refractivity contribution in [2.45, 2.75) is 31.6 Å². The van der Waals surface area contributed by atoms with Crippen LogP contribution in [0.3, 0.4) is 0 Å². The van der Waals surface area contributed by atoms with E-state index in [0.717, 1.165) is 5.56 Å². The van der Waals surface area contributed by atoms with Crippen LogP contribution in [0.1, 0.15) is 65.7 Å². The third-order valence-electron chi connectivity index (χ3n) is 7.21. The molecule has 5 rings (SSSR count). The highest BCUT2D eigenvalue weighted by atomic mass is 16.7. The van der Waals surface area contributed by atoms with Gasteiger partial charge in [-0.25, -0.2) is 4.98 Å². The number of fused-ring (bicyclic) bond motifs is 1. The first kappa shape index (κ1) is 28.9. The third-order valence-corrected chi connectivity index (χ3v) is 7.21. The molecule has 1 saturated heterocycles. The van der Waals surface area contributed by atoms with Crippen molar-refractivity contribution in [3.8, 4) is 5.75 Å². The molecular formula is C31H32N4O7. The number of nitrogens with one attached hydrogen (secondary N) is 2. The van der Waals surface area contributed by atoms with Crippen molar-refractivity contribution in [2.24, 2.45) is 0 Å². The van der Waals surface area contributed by atoms with Crippen LogP contribution in [0.2, 0.25) is 0 Å². The number of hydrogen-bond acceptors (Lipinski definition) is 8. The van der Waals surface area contributed by atoms with Gasteiger partial charge in [0, 0.05) is 43.3 Å². The van der Waals surface area contributed by atoms with Crippen LogP contribution < -0.4 is 15.4 Å². The SMILES string of the molecule is CNC(=O)c1cc(C(=O)NCCC[C@H]2OC[C@H](N3C(=O)c4ccccc4C3=O)CO2)cc(Cc2ccccc2OC)n1. The molecule has 11 nitrogen and oxygen atoms in total. The third kappa shape index (κ3) is 6.17. The summed E-state index contributed by atoms with van der Waals surface area (Å²) in [5.74, 6) is -0.707. The fraction of sp³-hybridized carbons (Fsp3) is 0.323. The number of methoxy groups -OCH3 is 1. The zero-order valence-corrected chi connectivity index (χ0v) is 23.4. The monoisotopic (exact) mass is 572 g/mol. The maximum Gasteiger partial charge on any atom is 0.269 e. The van der Waals surface area contributed by atoms with Crippen molar-refractivity contribution in [3.63, 3.8) is 0 Å². The van der Waals surface area contributed by atoms with Gasteiger partial charge in [0.2, 0.25) is 0 Å². The van der Waals surface area contributed by atoms with Gasteiger partial charge >= 0.3 is 0 Å². The standard InChI is InChI=1S/C31H32N4O7/c1-32-29(37)25-16-20(15-21(34-25)14-19-8-3-6-11-26(19)40-2)28(36)33-13-7-12-27-41-17-22(18-42-27)35-30(38)23-9-4-5-10-24(23)31(35)39/h3-6,8-11,15-16,22,27H,7,12-14,17-18H2,1-2H3,(H,32,37)(H,33,36)/t22-,27-. The van der Waals surface area contributed by atoms with Gasteiger partial charge in [0.15, 0.2) is 6.29 Å². The van der Waals surface area contributed by atoms with Gasteiger partial charge in [0.05, 0.1) is 37.5 Å². The van der Waals surface area contributed by atoms with Gasteiger partial charge in [-0.05, 0) is 36.8 Å². The van der Waals surface area contributed by atoms with Gasteiger partial charge < -0.3 is 24.8 Å². The lowest BCUT2D eigenvalue weighted by molar-refractivity contribution is -0.199. The van der Waals surface area contributed by atoms with Crippen LogP contribution in [0.25, 0.3) is 0 Å². The van der Waals surface area contributed by atoms with Gasteiger partial charge in [-0.15, -0.1) is 0 Å². The Kier molecular flexibility index (Phi) is 8.89. The second-order valence-electron chi connectivity index (χ2n) is 9.97. The molecule has 4 amide bonds. The normalized spacial score (nSPS) is 18.0. The number of hydrogen-bond donors (Lipinski definition) is 2. The predicted molar refractivity (Wildman–Crippen MR) is 151 cm³/mol. The van der Waals surface area contributed by atoms with E-state index in [2.05, 4.69) is 15.6 Å². The first-order chi connectivity index (χ1) is 20.4. The maximum absolute atomic E-state index is 13.0. The minimum atomic E-state index is -0.512. The Morgan fingerprint density at radius 1 is 0.976 bits per heavy atom. The quantitative estimate of drug-likeness (QED) is 0.280. The predicted octanol–water partition coefficient (Wildman–Crippen LogP) is 2.59. The Morgan fingerprint density at radius 3 is 2.31 bits per heavy atom. The zero-order valence-electron chi connectivity index (χ0n) is 23.4.